The molecule has 0 rings (SSSR count). The molecule has 0 atom stereocenters. The van der Waals surface area contributed by atoms with Crippen LogP contribution in [0.3, 0.4) is 0 Å². The zero-order chi connectivity index (χ0) is 8.08. The first kappa shape index (κ1) is 11.2. The van der Waals surface area contributed by atoms with E-state index in [0.29, 0.717) is 0 Å². The number of amides is 1. The second-order valence-corrected chi connectivity index (χ2v) is 2.14. The summed E-state index contributed by atoms with van der Waals surface area (Å²) in [7, 11) is -4.61. The van der Waals surface area contributed by atoms with Gasteiger partial charge < -0.3 is 30.0 Å². The fourth-order valence-electron chi connectivity index (χ4n) is 0. The Hall–Kier alpha value is -0.673. The van der Waals surface area contributed by atoms with Gasteiger partial charge in [-0.1, -0.05) is 0 Å². The Morgan fingerprint density at radius 1 is 1.22 bits per heavy atom. The van der Waals surface area contributed by atoms with Crippen LogP contribution >= 0.6 is 0 Å². The van der Waals surface area contributed by atoms with Gasteiger partial charge in [0.25, 0.3) is 0 Å². The summed E-state index contributed by atoms with van der Waals surface area (Å²) in [5, 5.41) is 7.19. The fraction of sp³-hybridized carbons (Fsp3) is 0. The maximum atomic E-state index is 8.78. The largest absolute Gasteiger partial charge is 0.668 e. The molecule has 9 heavy (non-hydrogen) atoms. The van der Waals surface area contributed by atoms with Gasteiger partial charge in [0, 0.05) is 0 Å². The van der Waals surface area contributed by atoms with Crippen LogP contribution in [-0.4, -0.2) is 39.4 Å². The molecule has 8 heteroatoms. The van der Waals surface area contributed by atoms with Crippen molar-refractivity contribution in [1.29, 1.82) is 0 Å². The van der Waals surface area contributed by atoms with Gasteiger partial charge in [0.2, 0.25) is 0 Å². The summed E-state index contributed by atoms with van der Waals surface area (Å²) in [6.07, 6.45) is -1.33. The molecule has 0 aromatic heterocycles. The first-order valence-corrected chi connectivity index (χ1v) is 3.40. The lowest BCUT2D eigenvalue weighted by Crippen LogP contribution is -2.33. The molecule has 0 aliphatic heterocycles. The van der Waals surface area contributed by atoms with Crippen molar-refractivity contribution in [3.8, 4) is 0 Å². The molecule has 0 aromatic rings. The second kappa shape index (κ2) is 4.23. The highest BCUT2D eigenvalue weighted by molar-refractivity contribution is 6.46. The molecule has 0 fully saturated rings. The standard InChI is InChI=1S/CH3NO2.H4O4Si/c2-1(3)4;1-5(2,3)4/h2H2,(H,3,4);1-4H. The van der Waals surface area contributed by atoms with E-state index in [0.717, 1.165) is 0 Å². The zero-order valence-corrected chi connectivity index (χ0v) is 5.22. The Bertz CT molecular complexity index is 75.5. The second-order valence-electron chi connectivity index (χ2n) is 0.938. The number of primary amides is 1. The molecular weight excluding hydrogens is 150 g/mol. The average molecular weight is 157 g/mol. The van der Waals surface area contributed by atoms with E-state index in [2.05, 4.69) is 5.73 Å². The van der Waals surface area contributed by atoms with E-state index in [4.69, 9.17) is 29.1 Å². The Balaban J connectivity index is 0. The number of hydrogen-bond acceptors (Lipinski definition) is 5. The maximum absolute atomic E-state index is 8.78. The molecule has 0 radical (unpaired) electrons. The van der Waals surface area contributed by atoms with Crippen molar-refractivity contribution < 1.29 is 29.1 Å². The van der Waals surface area contributed by atoms with Crippen LogP contribution in [0.25, 0.3) is 0 Å². The van der Waals surface area contributed by atoms with Gasteiger partial charge >= 0.3 is 15.1 Å². The van der Waals surface area contributed by atoms with Gasteiger partial charge in [0.05, 0.1) is 0 Å². The minimum Gasteiger partial charge on any atom is -0.465 e. The van der Waals surface area contributed by atoms with Gasteiger partial charge in [-0.25, -0.2) is 4.79 Å². The number of carboxylic acid groups (broad SMARTS) is 1. The van der Waals surface area contributed by atoms with Gasteiger partial charge in [-0.15, -0.1) is 0 Å². The summed E-state index contributed by atoms with van der Waals surface area (Å²) < 4.78 is 0. The summed E-state index contributed by atoms with van der Waals surface area (Å²) in [6, 6.07) is 0. The van der Waals surface area contributed by atoms with E-state index < -0.39 is 15.1 Å². The molecule has 1 amide bonds. The zero-order valence-electron chi connectivity index (χ0n) is 4.22. The molecule has 0 bridgehead atoms. The monoisotopic (exact) mass is 157 g/mol. The molecule has 7 N–H and O–H groups in total. The van der Waals surface area contributed by atoms with E-state index in [9.17, 15) is 0 Å². The third-order valence-corrected chi connectivity index (χ3v) is 0. The maximum Gasteiger partial charge on any atom is 0.668 e. The van der Waals surface area contributed by atoms with E-state index in [1.165, 1.54) is 0 Å². The van der Waals surface area contributed by atoms with Crippen molar-refractivity contribution in [2.45, 2.75) is 0 Å². The molecule has 0 aliphatic carbocycles. The van der Waals surface area contributed by atoms with Crippen LogP contribution < -0.4 is 5.73 Å². The SMILES string of the molecule is NC(=O)O.O[Si](O)(O)O. The van der Waals surface area contributed by atoms with Crippen molar-refractivity contribution in [3.63, 3.8) is 0 Å². The summed E-state index contributed by atoms with van der Waals surface area (Å²) in [5.41, 5.74) is 4.03. The minimum atomic E-state index is -4.61. The van der Waals surface area contributed by atoms with E-state index in [1.807, 2.05) is 0 Å². The van der Waals surface area contributed by atoms with Gasteiger partial charge in [0.1, 0.15) is 0 Å². The van der Waals surface area contributed by atoms with E-state index in [-0.39, 0.29) is 0 Å². The number of rotatable bonds is 0. The molecule has 0 heterocycles. The third kappa shape index (κ3) is 459. The van der Waals surface area contributed by atoms with Crippen LogP contribution in [0.1, 0.15) is 0 Å². The topological polar surface area (TPSA) is 144 Å². The average Bonchev–Trinajstić information content (AvgIpc) is 1.19. The predicted octanol–water partition coefficient (Wildman–Crippen LogP) is -2.99. The van der Waals surface area contributed by atoms with E-state index in [1.54, 1.807) is 0 Å². The molecule has 56 valence electrons. The molecule has 0 spiro atoms. The smallest absolute Gasteiger partial charge is 0.465 e. The Kier molecular flexibility index (Phi) is 5.25. The Morgan fingerprint density at radius 3 is 1.22 bits per heavy atom. The highest BCUT2D eigenvalue weighted by Gasteiger charge is 2.22. The summed E-state index contributed by atoms with van der Waals surface area (Å²) in [6.45, 7) is 0. The van der Waals surface area contributed by atoms with E-state index >= 15 is 0 Å². The quantitative estimate of drug-likeness (QED) is 0.207. The summed E-state index contributed by atoms with van der Waals surface area (Å²) in [5.74, 6) is 0. The molecule has 0 aromatic carbocycles. The van der Waals surface area contributed by atoms with Gasteiger partial charge in [-0.05, 0) is 0 Å². The van der Waals surface area contributed by atoms with Crippen LogP contribution in [0.5, 0.6) is 0 Å². The van der Waals surface area contributed by atoms with Crippen molar-refractivity contribution in [1.82, 2.24) is 0 Å². The van der Waals surface area contributed by atoms with Crippen LogP contribution in [0.2, 0.25) is 0 Å². The number of nitrogens with two attached hydrogens (primary N) is 1. The van der Waals surface area contributed by atoms with Gasteiger partial charge in [0.15, 0.2) is 0 Å². The lowest BCUT2D eigenvalue weighted by molar-refractivity contribution is 0.117. The van der Waals surface area contributed by atoms with Crippen molar-refractivity contribution in [2.75, 3.05) is 0 Å². The van der Waals surface area contributed by atoms with Gasteiger partial charge in [-0.3, -0.25) is 0 Å². The third-order valence-electron chi connectivity index (χ3n) is 0. The summed E-state index contributed by atoms with van der Waals surface area (Å²) in [4.78, 5) is 38.1. The Labute approximate surface area is 51.1 Å². The highest BCUT2D eigenvalue weighted by atomic mass is 28.4. The summed E-state index contributed by atoms with van der Waals surface area (Å²) >= 11 is 0. The van der Waals surface area contributed by atoms with Crippen LogP contribution in [0.15, 0.2) is 0 Å². The van der Waals surface area contributed by atoms with Crippen LogP contribution in [0, 0.1) is 0 Å². The fourth-order valence-corrected chi connectivity index (χ4v) is 0. The van der Waals surface area contributed by atoms with Gasteiger partial charge in [-0.2, -0.15) is 0 Å². The molecule has 0 saturated heterocycles. The normalized spacial score (nSPS) is 9.33. The molecular formula is CH7NO6Si. The molecule has 0 unspecified atom stereocenters. The minimum absolute atomic E-state index is 1.33. The Morgan fingerprint density at radius 2 is 1.22 bits per heavy atom. The highest BCUT2D eigenvalue weighted by Crippen LogP contribution is 1.67. The van der Waals surface area contributed by atoms with Crippen molar-refractivity contribution in [2.24, 2.45) is 5.73 Å². The van der Waals surface area contributed by atoms with Crippen molar-refractivity contribution >= 4 is 15.1 Å². The number of hydrogen-bond donors (Lipinski definition) is 6. The lowest BCUT2D eigenvalue weighted by Gasteiger charge is -1.91. The number of carbonyl (C=O) groups is 1. The van der Waals surface area contributed by atoms with Crippen molar-refractivity contribution in [3.05, 3.63) is 0 Å². The molecule has 7 nitrogen and oxygen atoms in total. The predicted molar refractivity (Wildman–Crippen MR) is 26.8 cm³/mol. The lowest BCUT2D eigenvalue weighted by atomic mass is 11.3. The first-order chi connectivity index (χ1) is 3.73. The first-order valence-electron chi connectivity index (χ1n) is 1.61. The molecule has 0 aliphatic rings. The molecule has 0 saturated carbocycles. The van der Waals surface area contributed by atoms with Crippen LogP contribution in [0.4, 0.5) is 4.79 Å². The van der Waals surface area contributed by atoms with Crippen LogP contribution in [-0.2, 0) is 0 Å².